The smallest absolute Gasteiger partial charge is 0.347 e. The largest absolute Gasteiger partial charge is 0.478 e. The lowest BCUT2D eigenvalue weighted by Crippen LogP contribution is -2.36. The number of benzene rings is 1. The SMILES string of the molecule is CC(C)(OC(=O)/C=C/c1ccccc1)C(=O)O. The van der Waals surface area contributed by atoms with E-state index in [0.717, 1.165) is 5.56 Å². The van der Waals surface area contributed by atoms with Gasteiger partial charge in [0.2, 0.25) is 5.60 Å². The molecule has 1 aromatic rings. The highest BCUT2D eigenvalue weighted by Gasteiger charge is 2.30. The standard InChI is InChI=1S/C13H14O4/c1-13(2,12(15)16)17-11(14)9-8-10-6-4-3-5-7-10/h3-9H,1-2H3,(H,15,16)/b9-8+. The molecule has 0 aliphatic rings. The summed E-state index contributed by atoms with van der Waals surface area (Å²) in [6.45, 7) is 2.65. The van der Waals surface area contributed by atoms with Gasteiger partial charge in [-0.05, 0) is 25.5 Å². The topological polar surface area (TPSA) is 63.6 Å². The van der Waals surface area contributed by atoms with Crippen molar-refractivity contribution in [1.29, 1.82) is 0 Å². The van der Waals surface area contributed by atoms with Crippen LogP contribution in [0.1, 0.15) is 19.4 Å². The van der Waals surface area contributed by atoms with Crippen LogP contribution in [-0.2, 0) is 14.3 Å². The number of carbonyl (C=O) groups excluding carboxylic acids is 1. The van der Waals surface area contributed by atoms with Crippen LogP contribution in [-0.4, -0.2) is 22.6 Å². The Balaban J connectivity index is 2.62. The van der Waals surface area contributed by atoms with Crippen molar-refractivity contribution in [1.82, 2.24) is 0 Å². The van der Waals surface area contributed by atoms with E-state index in [1.165, 1.54) is 19.9 Å². The Morgan fingerprint density at radius 1 is 1.24 bits per heavy atom. The summed E-state index contributed by atoms with van der Waals surface area (Å²) >= 11 is 0. The maximum absolute atomic E-state index is 11.4. The Morgan fingerprint density at radius 2 is 1.82 bits per heavy atom. The van der Waals surface area contributed by atoms with E-state index in [4.69, 9.17) is 9.84 Å². The maximum atomic E-state index is 11.4. The molecule has 4 heteroatoms. The Labute approximate surface area is 99.5 Å². The molecule has 0 heterocycles. The third-order valence-electron chi connectivity index (χ3n) is 2.08. The number of hydrogen-bond donors (Lipinski definition) is 1. The van der Waals surface area contributed by atoms with Crippen molar-refractivity contribution in [3.8, 4) is 0 Å². The Morgan fingerprint density at radius 3 is 2.35 bits per heavy atom. The van der Waals surface area contributed by atoms with Crippen LogP contribution >= 0.6 is 0 Å². The van der Waals surface area contributed by atoms with Gasteiger partial charge in [-0.2, -0.15) is 0 Å². The lowest BCUT2D eigenvalue weighted by molar-refractivity contribution is -0.170. The van der Waals surface area contributed by atoms with Crippen molar-refractivity contribution in [2.24, 2.45) is 0 Å². The Hall–Kier alpha value is -2.10. The number of carbonyl (C=O) groups is 2. The van der Waals surface area contributed by atoms with Gasteiger partial charge in [-0.15, -0.1) is 0 Å². The van der Waals surface area contributed by atoms with Crippen molar-refractivity contribution >= 4 is 18.0 Å². The van der Waals surface area contributed by atoms with Crippen LogP contribution in [0.25, 0.3) is 6.08 Å². The summed E-state index contributed by atoms with van der Waals surface area (Å²) < 4.78 is 4.80. The Bertz CT molecular complexity index is 432. The number of hydrogen-bond acceptors (Lipinski definition) is 3. The summed E-state index contributed by atoms with van der Waals surface area (Å²) in [5, 5.41) is 8.77. The number of esters is 1. The molecular weight excluding hydrogens is 220 g/mol. The fourth-order valence-electron chi connectivity index (χ4n) is 1.06. The Kier molecular flexibility index (Phi) is 4.04. The lowest BCUT2D eigenvalue weighted by atomic mass is 10.1. The van der Waals surface area contributed by atoms with Crippen molar-refractivity contribution in [3.63, 3.8) is 0 Å². The molecule has 0 atom stereocenters. The molecule has 0 aromatic heterocycles. The van der Waals surface area contributed by atoms with Gasteiger partial charge in [0.1, 0.15) is 0 Å². The molecule has 4 nitrogen and oxygen atoms in total. The third kappa shape index (κ3) is 4.10. The third-order valence-corrected chi connectivity index (χ3v) is 2.08. The monoisotopic (exact) mass is 234 g/mol. The molecule has 0 bridgehead atoms. The molecule has 0 aliphatic heterocycles. The van der Waals surface area contributed by atoms with Crippen LogP contribution in [0.4, 0.5) is 0 Å². The first kappa shape index (κ1) is 13.0. The summed E-state index contributed by atoms with van der Waals surface area (Å²) in [4.78, 5) is 22.1. The molecule has 1 rings (SSSR count). The molecule has 1 N–H and O–H groups in total. The molecule has 0 saturated heterocycles. The van der Waals surface area contributed by atoms with E-state index in [-0.39, 0.29) is 0 Å². The lowest BCUT2D eigenvalue weighted by Gasteiger charge is -2.18. The summed E-state index contributed by atoms with van der Waals surface area (Å²) in [5.41, 5.74) is -0.671. The first-order valence-corrected chi connectivity index (χ1v) is 5.11. The quantitative estimate of drug-likeness (QED) is 0.640. The first-order chi connectivity index (χ1) is 7.92. The van der Waals surface area contributed by atoms with E-state index in [0.29, 0.717) is 0 Å². The molecule has 0 amide bonds. The van der Waals surface area contributed by atoms with Gasteiger partial charge in [0.25, 0.3) is 0 Å². The van der Waals surface area contributed by atoms with Crippen LogP contribution in [0.5, 0.6) is 0 Å². The van der Waals surface area contributed by atoms with E-state index in [1.807, 2.05) is 30.3 Å². The van der Waals surface area contributed by atoms with Gasteiger partial charge >= 0.3 is 11.9 Å². The van der Waals surface area contributed by atoms with Gasteiger partial charge < -0.3 is 9.84 Å². The van der Waals surface area contributed by atoms with Gasteiger partial charge in [-0.3, -0.25) is 0 Å². The number of carboxylic acids is 1. The molecule has 0 radical (unpaired) electrons. The van der Waals surface area contributed by atoms with Crippen LogP contribution < -0.4 is 0 Å². The zero-order chi connectivity index (χ0) is 12.9. The number of rotatable bonds is 4. The van der Waals surface area contributed by atoms with Crippen LogP contribution in [0.3, 0.4) is 0 Å². The average Bonchev–Trinajstić information content (AvgIpc) is 2.27. The minimum atomic E-state index is -1.52. The minimum absolute atomic E-state index is 0.679. The van der Waals surface area contributed by atoms with Crippen molar-refractivity contribution in [2.75, 3.05) is 0 Å². The van der Waals surface area contributed by atoms with Gasteiger partial charge in [0.15, 0.2) is 0 Å². The summed E-state index contributed by atoms with van der Waals surface area (Å²) in [6.07, 6.45) is 2.78. The zero-order valence-electron chi connectivity index (χ0n) is 9.71. The van der Waals surface area contributed by atoms with E-state index < -0.39 is 17.5 Å². The van der Waals surface area contributed by atoms with E-state index >= 15 is 0 Å². The van der Waals surface area contributed by atoms with Gasteiger partial charge in [0.05, 0.1) is 0 Å². The predicted octanol–water partition coefficient (Wildman–Crippen LogP) is 2.11. The zero-order valence-corrected chi connectivity index (χ0v) is 9.71. The van der Waals surface area contributed by atoms with Gasteiger partial charge in [-0.1, -0.05) is 30.3 Å². The number of ether oxygens (including phenoxy) is 1. The van der Waals surface area contributed by atoms with Crippen LogP contribution in [0.15, 0.2) is 36.4 Å². The highest BCUT2D eigenvalue weighted by atomic mass is 16.6. The molecule has 0 aliphatic carbocycles. The van der Waals surface area contributed by atoms with Crippen molar-refractivity contribution in [2.45, 2.75) is 19.4 Å². The summed E-state index contributed by atoms with van der Waals surface area (Å²) in [7, 11) is 0. The highest BCUT2D eigenvalue weighted by Crippen LogP contribution is 2.10. The van der Waals surface area contributed by atoms with Gasteiger partial charge in [0, 0.05) is 6.08 Å². The first-order valence-electron chi connectivity index (χ1n) is 5.11. The molecule has 0 saturated carbocycles. The van der Waals surface area contributed by atoms with Crippen LogP contribution in [0, 0.1) is 0 Å². The maximum Gasteiger partial charge on any atom is 0.347 e. The van der Waals surface area contributed by atoms with E-state index in [9.17, 15) is 9.59 Å². The van der Waals surface area contributed by atoms with E-state index in [1.54, 1.807) is 6.08 Å². The molecule has 17 heavy (non-hydrogen) atoms. The average molecular weight is 234 g/mol. The molecule has 1 aromatic carbocycles. The molecule has 0 fully saturated rings. The molecule has 0 spiro atoms. The van der Waals surface area contributed by atoms with Crippen molar-refractivity contribution < 1.29 is 19.4 Å². The normalized spacial score (nSPS) is 11.4. The molecule has 0 unspecified atom stereocenters. The van der Waals surface area contributed by atoms with Crippen LogP contribution in [0.2, 0.25) is 0 Å². The number of carboxylic acid groups (broad SMARTS) is 1. The van der Waals surface area contributed by atoms with Crippen molar-refractivity contribution in [3.05, 3.63) is 42.0 Å². The highest BCUT2D eigenvalue weighted by molar-refractivity contribution is 5.90. The summed E-state index contributed by atoms with van der Waals surface area (Å²) in [5.74, 6) is -1.86. The fourth-order valence-corrected chi connectivity index (χ4v) is 1.06. The second-order valence-electron chi connectivity index (χ2n) is 3.98. The fraction of sp³-hybridized carbons (Fsp3) is 0.231. The second kappa shape index (κ2) is 5.30. The molecular formula is C13H14O4. The van der Waals surface area contributed by atoms with E-state index in [2.05, 4.69) is 0 Å². The number of aliphatic carboxylic acids is 1. The predicted molar refractivity (Wildman–Crippen MR) is 63.3 cm³/mol. The van der Waals surface area contributed by atoms with Gasteiger partial charge in [-0.25, -0.2) is 9.59 Å². The second-order valence-corrected chi connectivity index (χ2v) is 3.98. The molecule has 90 valence electrons. The minimum Gasteiger partial charge on any atom is -0.478 e. The summed E-state index contributed by atoms with van der Waals surface area (Å²) in [6, 6.07) is 9.19.